The van der Waals surface area contributed by atoms with E-state index in [2.05, 4.69) is 12.7 Å². The maximum absolute atomic E-state index is 5.27. The van der Waals surface area contributed by atoms with Gasteiger partial charge in [0.25, 0.3) is 0 Å². The van der Waals surface area contributed by atoms with Crippen LogP contribution in [0.3, 0.4) is 0 Å². The van der Waals surface area contributed by atoms with Crippen LogP contribution in [-0.2, 0) is 4.74 Å². The highest BCUT2D eigenvalue weighted by molar-refractivity contribution is 5.23. The largest absolute Gasteiger partial charge is 0.370 e. The quantitative estimate of drug-likeness (QED) is 0.528. The molecule has 0 heterocycles. The topological polar surface area (TPSA) is 9.23 Å². The first-order valence-electron chi connectivity index (χ1n) is 3.36. The zero-order chi connectivity index (χ0) is 7.45. The molecule has 1 aliphatic rings. The molecule has 0 saturated heterocycles. The molecule has 0 aliphatic heterocycles. The van der Waals surface area contributed by atoms with Crippen LogP contribution >= 0.6 is 0 Å². The van der Waals surface area contributed by atoms with Gasteiger partial charge in [0.2, 0.25) is 0 Å². The van der Waals surface area contributed by atoms with Crippen molar-refractivity contribution >= 4 is 0 Å². The standard InChI is InChI=1S/C9H12O/c1-3-9(10-2)7-5-4-6-8-9/h3-7H,1,8H2,2H3. The summed E-state index contributed by atoms with van der Waals surface area (Å²) in [5.41, 5.74) is -0.241. The molecule has 0 radical (unpaired) electrons. The predicted octanol–water partition coefficient (Wildman–Crippen LogP) is 2.07. The molecule has 0 spiro atoms. The van der Waals surface area contributed by atoms with Crippen LogP contribution in [-0.4, -0.2) is 12.7 Å². The summed E-state index contributed by atoms with van der Waals surface area (Å²) in [5.74, 6) is 0. The first kappa shape index (κ1) is 7.29. The Morgan fingerprint density at radius 2 is 2.40 bits per heavy atom. The molecule has 1 atom stereocenters. The molecule has 0 bridgehead atoms. The maximum atomic E-state index is 5.27. The summed E-state index contributed by atoms with van der Waals surface area (Å²) in [7, 11) is 1.70. The van der Waals surface area contributed by atoms with Crippen molar-refractivity contribution in [1.29, 1.82) is 0 Å². The Labute approximate surface area is 61.7 Å². The minimum absolute atomic E-state index is 0.241. The van der Waals surface area contributed by atoms with Crippen molar-refractivity contribution in [3.63, 3.8) is 0 Å². The lowest BCUT2D eigenvalue weighted by molar-refractivity contribution is 0.0762. The van der Waals surface area contributed by atoms with Crippen LogP contribution in [0, 0.1) is 0 Å². The van der Waals surface area contributed by atoms with Crippen LogP contribution < -0.4 is 0 Å². The first-order valence-corrected chi connectivity index (χ1v) is 3.36. The Morgan fingerprint density at radius 1 is 1.60 bits per heavy atom. The summed E-state index contributed by atoms with van der Waals surface area (Å²) in [5, 5.41) is 0. The number of hydrogen-bond donors (Lipinski definition) is 0. The lowest BCUT2D eigenvalue weighted by Gasteiger charge is -2.25. The molecule has 0 aromatic rings. The highest BCUT2D eigenvalue weighted by Gasteiger charge is 2.21. The number of allylic oxidation sites excluding steroid dienone is 2. The Morgan fingerprint density at radius 3 is 2.70 bits per heavy atom. The Kier molecular flexibility index (Phi) is 2.07. The highest BCUT2D eigenvalue weighted by Crippen LogP contribution is 2.21. The SMILES string of the molecule is C=CC1(OC)C=CC=CC1. The van der Waals surface area contributed by atoms with Gasteiger partial charge in [0.05, 0.1) is 0 Å². The van der Waals surface area contributed by atoms with Crippen molar-refractivity contribution in [3.8, 4) is 0 Å². The molecular weight excluding hydrogens is 124 g/mol. The molecule has 54 valence electrons. The lowest BCUT2D eigenvalue weighted by atomic mass is 9.95. The van der Waals surface area contributed by atoms with Gasteiger partial charge in [-0.25, -0.2) is 0 Å². The van der Waals surface area contributed by atoms with E-state index in [9.17, 15) is 0 Å². The smallest absolute Gasteiger partial charge is 0.107 e. The van der Waals surface area contributed by atoms with Gasteiger partial charge < -0.3 is 4.74 Å². The zero-order valence-electron chi connectivity index (χ0n) is 6.21. The van der Waals surface area contributed by atoms with Gasteiger partial charge in [-0.05, 0) is 6.08 Å². The predicted molar refractivity (Wildman–Crippen MR) is 42.8 cm³/mol. The van der Waals surface area contributed by atoms with E-state index in [4.69, 9.17) is 4.74 Å². The third kappa shape index (κ3) is 1.19. The average Bonchev–Trinajstić information content (AvgIpc) is 2.06. The summed E-state index contributed by atoms with van der Waals surface area (Å²) in [4.78, 5) is 0. The first-order chi connectivity index (χ1) is 4.83. The van der Waals surface area contributed by atoms with E-state index in [1.807, 2.05) is 24.3 Å². The average molecular weight is 136 g/mol. The van der Waals surface area contributed by atoms with Crippen LogP contribution in [0.15, 0.2) is 37.0 Å². The van der Waals surface area contributed by atoms with E-state index in [1.165, 1.54) is 0 Å². The maximum Gasteiger partial charge on any atom is 0.107 e. The Bertz CT molecular complexity index is 179. The lowest BCUT2D eigenvalue weighted by Crippen LogP contribution is -2.25. The van der Waals surface area contributed by atoms with Gasteiger partial charge in [-0.15, -0.1) is 0 Å². The second-order valence-electron chi connectivity index (χ2n) is 2.35. The molecule has 0 aromatic carbocycles. The minimum atomic E-state index is -0.241. The van der Waals surface area contributed by atoms with Gasteiger partial charge in [-0.1, -0.05) is 30.9 Å². The molecule has 0 N–H and O–H groups in total. The molecule has 0 aromatic heterocycles. The van der Waals surface area contributed by atoms with Gasteiger partial charge in [0.1, 0.15) is 5.60 Å². The zero-order valence-corrected chi connectivity index (χ0v) is 6.21. The third-order valence-corrected chi connectivity index (χ3v) is 1.79. The second-order valence-corrected chi connectivity index (χ2v) is 2.35. The van der Waals surface area contributed by atoms with Crippen LogP contribution in [0.4, 0.5) is 0 Å². The van der Waals surface area contributed by atoms with Gasteiger partial charge in [-0.3, -0.25) is 0 Å². The van der Waals surface area contributed by atoms with Gasteiger partial charge >= 0.3 is 0 Å². The van der Waals surface area contributed by atoms with Crippen LogP contribution in [0.25, 0.3) is 0 Å². The molecule has 0 fully saturated rings. The van der Waals surface area contributed by atoms with Crippen molar-refractivity contribution in [2.75, 3.05) is 7.11 Å². The Balaban J connectivity index is 2.75. The fraction of sp³-hybridized carbons (Fsp3) is 0.333. The van der Waals surface area contributed by atoms with Crippen molar-refractivity contribution in [2.24, 2.45) is 0 Å². The molecular formula is C9H12O. The molecule has 1 rings (SSSR count). The fourth-order valence-electron chi connectivity index (χ4n) is 1.00. The monoisotopic (exact) mass is 136 g/mol. The molecule has 10 heavy (non-hydrogen) atoms. The van der Waals surface area contributed by atoms with Crippen molar-refractivity contribution < 1.29 is 4.74 Å². The van der Waals surface area contributed by atoms with E-state index in [-0.39, 0.29) is 5.60 Å². The van der Waals surface area contributed by atoms with Crippen molar-refractivity contribution in [2.45, 2.75) is 12.0 Å². The van der Waals surface area contributed by atoms with Crippen LogP contribution in [0.5, 0.6) is 0 Å². The van der Waals surface area contributed by atoms with Gasteiger partial charge in [0, 0.05) is 13.5 Å². The number of hydrogen-bond acceptors (Lipinski definition) is 1. The molecule has 1 unspecified atom stereocenters. The third-order valence-electron chi connectivity index (χ3n) is 1.79. The summed E-state index contributed by atoms with van der Waals surface area (Å²) in [6.07, 6.45) is 10.8. The van der Waals surface area contributed by atoms with E-state index in [0.717, 1.165) is 6.42 Å². The highest BCUT2D eigenvalue weighted by atomic mass is 16.5. The minimum Gasteiger partial charge on any atom is -0.370 e. The Hall–Kier alpha value is -0.820. The molecule has 1 nitrogen and oxygen atoms in total. The van der Waals surface area contributed by atoms with Gasteiger partial charge in [-0.2, -0.15) is 0 Å². The van der Waals surface area contributed by atoms with E-state index < -0.39 is 0 Å². The molecule has 1 aliphatic carbocycles. The fourth-order valence-corrected chi connectivity index (χ4v) is 1.00. The van der Waals surface area contributed by atoms with Crippen LogP contribution in [0.1, 0.15) is 6.42 Å². The number of rotatable bonds is 2. The summed E-state index contributed by atoms with van der Waals surface area (Å²) in [6.45, 7) is 3.72. The molecule has 1 heteroatoms. The second kappa shape index (κ2) is 2.84. The summed E-state index contributed by atoms with van der Waals surface area (Å²) in [6, 6.07) is 0. The van der Waals surface area contributed by atoms with E-state index in [0.29, 0.717) is 0 Å². The van der Waals surface area contributed by atoms with E-state index in [1.54, 1.807) is 7.11 Å². The number of ether oxygens (including phenoxy) is 1. The van der Waals surface area contributed by atoms with Gasteiger partial charge in [0.15, 0.2) is 0 Å². The van der Waals surface area contributed by atoms with E-state index >= 15 is 0 Å². The van der Waals surface area contributed by atoms with Crippen LogP contribution in [0.2, 0.25) is 0 Å². The van der Waals surface area contributed by atoms with Crippen molar-refractivity contribution in [3.05, 3.63) is 37.0 Å². The van der Waals surface area contributed by atoms with Crippen molar-refractivity contribution in [1.82, 2.24) is 0 Å². The normalized spacial score (nSPS) is 30.5. The molecule has 0 saturated carbocycles. The summed E-state index contributed by atoms with van der Waals surface area (Å²) >= 11 is 0. The summed E-state index contributed by atoms with van der Waals surface area (Å²) < 4.78 is 5.27. The number of methoxy groups -OCH3 is 1. The molecule has 0 amide bonds.